The molecule has 0 spiro atoms. The van der Waals surface area contributed by atoms with Crippen molar-refractivity contribution in [2.45, 2.75) is 19.9 Å². The van der Waals surface area contributed by atoms with Gasteiger partial charge in [-0.15, -0.1) is 0 Å². The van der Waals surface area contributed by atoms with Gasteiger partial charge in [0.05, 0.1) is 12.3 Å². The molecule has 1 aromatic heterocycles. The molecule has 1 heterocycles. The van der Waals surface area contributed by atoms with Crippen molar-refractivity contribution in [1.82, 2.24) is 4.57 Å². The van der Waals surface area contributed by atoms with Crippen molar-refractivity contribution in [3.8, 4) is 0 Å². The average molecular weight is 267 g/mol. The van der Waals surface area contributed by atoms with Crippen LogP contribution < -0.4 is 16.6 Å². The number of amides is 1. The fourth-order valence-electron chi connectivity index (χ4n) is 1.58. The topological polar surface area (TPSA) is 86.3 Å². The second-order valence-electron chi connectivity index (χ2n) is 4.54. The maximum atomic E-state index is 11.7. The molecule has 19 heavy (non-hydrogen) atoms. The van der Waals surface area contributed by atoms with Crippen LogP contribution in [0.1, 0.15) is 13.3 Å². The van der Waals surface area contributed by atoms with E-state index in [1.165, 1.54) is 10.6 Å². The first-order valence-corrected chi connectivity index (χ1v) is 6.26. The van der Waals surface area contributed by atoms with E-state index in [2.05, 4.69) is 5.32 Å². The van der Waals surface area contributed by atoms with Crippen LogP contribution in [0.4, 0.5) is 5.69 Å². The summed E-state index contributed by atoms with van der Waals surface area (Å²) in [7, 11) is 1.57. The van der Waals surface area contributed by atoms with Crippen molar-refractivity contribution in [3.63, 3.8) is 0 Å². The Hall–Kier alpha value is -1.66. The molecule has 0 aliphatic rings. The number of ether oxygens (including phenoxy) is 1. The molecule has 1 unspecified atom stereocenters. The van der Waals surface area contributed by atoms with Gasteiger partial charge in [0.2, 0.25) is 5.91 Å². The molecule has 1 aromatic rings. The van der Waals surface area contributed by atoms with Crippen LogP contribution in [-0.4, -0.2) is 30.7 Å². The number of anilines is 1. The van der Waals surface area contributed by atoms with E-state index in [-0.39, 0.29) is 17.4 Å². The van der Waals surface area contributed by atoms with Crippen LogP contribution in [-0.2, 0) is 16.1 Å². The van der Waals surface area contributed by atoms with Crippen LogP contribution in [0.15, 0.2) is 23.1 Å². The SMILES string of the molecule is COCCn1cc(NC(=O)CC(C)CN)ccc1=O. The highest BCUT2D eigenvalue weighted by Crippen LogP contribution is 2.06. The molecule has 1 amide bonds. The summed E-state index contributed by atoms with van der Waals surface area (Å²) in [6, 6.07) is 3.02. The Labute approximate surface area is 112 Å². The van der Waals surface area contributed by atoms with E-state index in [0.29, 0.717) is 31.8 Å². The fourth-order valence-corrected chi connectivity index (χ4v) is 1.58. The third-order valence-corrected chi connectivity index (χ3v) is 2.74. The summed E-state index contributed by atoms with van der Waals surface area (Å²) in [6.45, 7) is 3.29. The second kappa shape index (κ2) is 7.70. The first-order valence-electron chi connectivity index (χ1n) is 6.26. The number of carbonyl (C=O) groups excluding carboxylic acids is 1. The number of methoxy groups -OCH3 is 1. The van der Waals surface area contributed by atoms with Crippen LogP contribution in [0, 0.1) is 5.92 Å². The summed E-state index contributed by atoms with van der Waals surface area (Å²) in [4.78, 5) is 23.3. The number of aromatic nitrogens is 1. The van der Waals surface area contributed by atoms with E-state index in [4.69, 9.17) is 10.5 Å². The highest BCUT2D eigenvalue weighted by molar-refractivity contribution is 5.90. The zero-order chi connectivity index (χ0) is 14.3. The van der Waals surface area contributed by atoms with E-state index in [1.54, 1.807) is 19.4 Å². The highest BCUT2D eigenvalue weighted by atomic mass is 16.5. The monoisotopic (exact) mass is 267 g/mol. The van der Waals surface area contributed by atoms with Gasteiger partial charge in [0.25, 0.3) is 5.56 Å². The number of hydrogen-bond acceptors (Lipinski definition) is 4. The summed E-state index contributed by atoms with van der Waals surface area (Å²) in [5.74, 6) is 0.0364. The number of rotatable bonds is 7. The van der Waals surface area contributed by atoms with E-state index in [0.717, 1.165) is 0 Å². The minimum atomic E-state index is -0.120. The van der Waals surface area contributed by atoms with Crippen molar-refractivity contribution in [1.29, 1.82) is 0 Å². The Bertz CT molecular complexity index is 470. The van der Waals surface area contributed by atoms with Gasteiger partial charge in [-0.2, -0.15) is 0 Å². The van der Waals surface area contributed by atoms with Crippen molar-refractivity contribution >= 4 is 11.6 Å². The molecular formula is C13H21N3O3. The summed E-state index contributed by atoms with van der Waals surface area (Å²) in [6.07, 6.45) is 1.99. The van der Waals surface area contributed by atoms with Crippen LogP contribution >= 0.6 is 0 Å². The van der Waals surface area contributed by atoms with Crippen LogP contribution in [0.2, 0.25) is 0 Å². The predicted octanol–water partition coefficient (Wildman–Crippen LogP) is 0.418. The summed E-state index contributed by atoms with van der Waals surface area (Å²) in [5.41, 5.74) is 5.95. The van der Waals surface area contributed by atoms with Crippen molar-refractivity contribution < 1.29 is 9.53 Å². The standard InChI is InChI=1S/C13H21N3O3/c1-10(8-14)7-12(17)15-11-3-4-13(18)16(9-11)5-6-19-2/h3-4,9-10H,5-8,14H2,1-2H3,(H,15,17). The van der Waals surface area contributed by atoms with Crippen molar-refractivity contribution in [2.75, 3.05) is 25.6 Å². The Kier molecular flexibility index (Phi) is 6.24. The summed E-state index contributed by atoms with van der Waals surface area (Å²) in [5, 5.41) is 2.76. The molecule has 1 rings (SSSR count). The van der Waals surface area contributed by atoms with E-state index in [1.807, 2.05) is 6.92 Å². The average Bonchev–Trinajstić information content (AvgIpc) is 2.39. The molecule has 0 aliphatic carbocycles. The second-order valence-corrected chi connectivity index (χ2v) is 4.54. The van der Waals surface area contributed by atoms with Gasteiger partial charge in [0.15, 0.2) is 0 Å². The molecule has 1 atom stereocenters. The lowest BCUT2D eigenvalue weighted by Gasteiger charge is -2.11. The molecular weight excluding hydrogens is 246 g/mol. The summed E-state index contributed by atoms with van der Waals surface area (Å²) >= 11 is 0. The lowest BCUT2D eigenvalue weighted by molar-refractivity contribution is -0.116. The molecule has 6 nitrogen and oxygen atoms in total. The zero-order valence-corrected chi connectivity index (χ0v) is 11.4. The largest absolute Gasteiger partial charge is 0.383 e. The molecule has 0 radical (unpaired) electrons. The van der Waals surface area contributed by atoms with Gasteiger partial charge in [0.1, 0.15) is 0 Å². The Morgan fingerprint density at radius 2 is 2.26 bits per heavy atom. The number of pyridine rings is 1. The minimum Gasteiger partial charge on any atom is -0.383 e. The van der Waals surface area contributed by atoms with E-state index >= 15 is 0 Å². The van der Waals surface area contributed by atoms with Crippen LogP contribution in [0.3, 0.4) is 0 Å². The third-order valence-electron chi connectivity index (χ3n) is 2.74. The molecule has 106 valence electrons. The van der Waals surface area contributed by atoms with Gasteiger partial charge in [-0.05, 0) is 18.5 Å². The number of carbonyl (C=O) groups is 1. The van der Waals surface area contributed by atoms with Crippen molar-refractivity contribution in [2.24, 2.45) is 11.7 Å². The highest BCUT2D eigenvalue weighted by Gasteiger charge is 2.08. The number of nitrogens with zero attached hydrogens (tertiary/aromatic N) is 1. The maximum Gasteiger partial charge on any atom is 0.250 e. The quantitative estimate of drug-likeness (QED) is 0.749. The number of nitrogens with one attached hydrogen (secondary N) is 1. The maximum absolute atomic E-state index is 11.7. The predicted molar refractivity (Wildman–Crippen MR) is 74.0 cm³/mol. The molecule has 0 saturated carbocycles. The van der Waals surface area contributed by atoms with Gasteiger partial charge in [-0.3, -0.25) is 9.59 Å². The Morgan fingerprint density at radius 3 is 2.89 bits per heavy atom. The third kappa shape index (κ3) is 5.23. The van der Waals surface area contributed by atoms with Crippen LogP contribution in [0.25, 0.3) is 0 Å². The lowest BCUT2D eigenvalue weighted by atomic mass is 10.1. The fraction of sp³-hybridized carbons (Fsp3) is 0.538. The molecule has 0 aliphatic heterocycles. The number of hydrogen-bond donors (Lipinski definition) is 2. The smallest absolute Gasteiger partial charge is 0.250 e. The Balaban J connectivity index is 2.68. The van der Waals surface area contributed by atoms with E-state index < -0.39 is 0 Å². The first-order chi connectivity index (χ1) is 9.06. The van der Waals surface area contributed by atoms with Gasteiger partial charge in [-0.25, -0.2) is 0 Å². The first kappa shape index (κ1) is 15.4. The molecule has 0 fully saturated rings. The molecule has 6 heteroatoms. The number of nitrogens with two attached hydrogens (primary N) is 1. The molecule has 0 saturated heterocycles. The lowest BCUT2D eigenvalue weighted by Crippen LogP contribution is -2.23. The van der Waals surface area contributed by atoms with Gasteiger partial charge < -0.3 is 20.4 Å². The molecule has 3 N–H and O–H groups in total. The van der Waals surface area contributed by atoms with Gasteiger partial charge in [-0.1, -0.05) is 6.92 Å². The van der Waals surface area contributed by atoms with Crippen LogP contribution in [0.5, 0.6) is 0 Å². The normalized spacial score (nSPS) is 12.2. The minimum absolute atomic E-state index is 0.102. The van der Waals surface area contributed by atoms with Crippen molar-refractivity contribution in [3.05, 3.63) is 28.7 Å². The molecule has 0 aromatic carbocycles. The molecule has 0 bridgehead atoms. The van der Waals surface area contributed by atoms with E-state index in [9.17, 15) is 9.59 Å². The summed E-state index contributed by atoms with van der Waals surface area (Å²) < 4.78 is 6.43. The zero-order valence-electron chi connectivity index (χ0n) is 11.4. The van der Waals surface area contributed by atoms with Gasteiger partial charge in [0, 0.05) is 32.3 Å². The Morgan fingerprint density at radius 1 is 1.53 bits per heavy atom. The van der Waals surface area contributed by atoms with Gasteiger partial charge >= 0.3 is 0 Å².